The Bertz CT molecular complexity index is 926. The molecule has 25 heavy (non-hydrogen) atoms. The van der Waals surface area contributed by atoms with Gasteiger partial charge in [0.1, 0.15) is 5.56 Å². The highest BCUT2D eigenvalue weighted by Gasteiger charge is 2.17. The number of carbonyl (C=O) groups is 1. The van der Waals surface area contributed by atoms with E-state index in [1.54, 1.807) is 12.1 Å². The number of hydrogen-bond acceptors (Lipinski definition) is 5. The van der Waals surface area contributed by atoms with Crippen molar-refractivity contribution in [3.8, 4) is 11.5 Å². The summed E-state index contributed by atoms with van der Waals surface area (Å²) < 4.78 is 5.00. The van der Waals surface area contributed by atoms with Crippen LogP contribution in [0.2, 0.25) is 0 Å². The Morgan fingerprint density at radius 1 is 1.24 bits per heavy atom. The zero-order valence-corrected chi connectivity index (χ0v) is 13.9. The summed E-state index contributed by atoms with van der Waals surface area (Å²) in [6.45, 7) is 4.61. The van der Waals surface area contributed by atoms with Gasteiger partial charge in [0, 0.05) is 12.7 Å². The van der Waals surface area contributed by atoms with Crippen LogP contribution in [-0.2, 0) is 6.54 Å². The van der Waals surface area contributed by atoms with Crippen molar-refractivity contribution in [2.75, 3.05) is 0 Å². The van der Waals surface area contributed by atoms with Gasteiger partial charge in [0.2, 0.25) is 0 Å². The van der Waals surface area contributed by atoms with Crippen LogP contribution in [0.4, 0.5) is 0 Å². The van der Waals surface area contributed by atoms with Gasteiger partial charge in [0.25, 0.3) is 23.2 Å². The second kappa shape index (κ2) is 7.12. The maximum Gasteiger partial charge on any atom is 0.292 e. The van der Waals surface area contributed by atoms with E-state index >= 15 is 0 Å². The molecule has 2 heterocycles. The quantitative estimate of drug-likeness (QED) is 0.744. The van der Waals surface area contributed by atoms with Crippen LogP contribution in [0.1, 0.15) is 41.5 Å². The van der Waals surface area contributed by atoms with Crippen molar-refractivity contribution in [1.82, 2.24) is 20.4 Å². The monoisotopic (exact) mass is 338 g/mol. The highest BCUT2D eigenvalue weighted by Crippen LogP contribution is 2.15. The number of benzene rings is 1. The van der Waals surface area contributed by atoms with Gasteiger partial charge in [-0.1, -0.05) is 43.3 Å². The number of aromatic nitrogens is 3. The molecule has 7 heteroatoms. The number of rotatable bonds is 5. The van der Waals surface area contributed by atoms with Gasteiger partial charge >= 0.3 is 0 Å². The minimum absolute atomic E-state index is 0.00767. The van der Waals surface area contributed by atoms with Gasteiger partial charge in [-0.2, -0.15) is 4.98 Å². The number of carbonyl (C=O) groups excluding carboxylic acids is 1. The summed E-state index contributed by atoms with van der Waals surface area (Å²) in [7, 11) is 0. The number of hydrogen-bond donors (Lipinski definition) is 2. The molecule has 2 aromatic heterocycles. The van der Waals surface area contributed by atoms with Crippen molar-refractivity contribution in [2.45, 2.75) is 26.3 Å². The number of nitrogens with zero attached hydrogens (tertiary/aromatic N) is 2. The summed E-state index contributed by atoms with van der Waals surface area (Å²) in [6.07, 6.45) is 1.50. The van der Waals surface area contributed by atoms with Crippen molar-refractivity contribution in [1.29, 1.82) is 0 Å². The molecule has 0 atom stereocenters. The fraction of sp³-hybridized carbons (Fsp3) is 0.222. The SMILES string of the molecule is CC(C)c1ccc(CNC(=O)c2noc(-c3ccc[nH]c3=O)n2)cc1. The summed E-state index contributed by atoms with van der Waals surface area (Å²) in [5.74, 6) is -0.108. The normalized spacial score (nSPS) is 10.8. The first-order valence-electron chi connectivity index (χ1n) is 7.93. The Morgan fingerprint density at radius 2 is 2.00 bits per heavy atom. The Hall–Kier alpha value is -3.22. The van der Waals surface area contributed by atoms with E-state index in [1.165, 1.54) is 11.8 Å². The summed E-state index contributed by atoms with van der Waals surface area (Å²) in [5, 5.41) is 6.37. The molecule has 128 valence electrons. The van der Waals surface area contributed by atoms with Crippen LogP contribution in [0.5, 0.6) is 0 Å². The van der Waals surface area contributed by atoms with Crippen LogP contribution in [0.3, 0.4) is 0 Å². The molecule has 3 rings (SSSR count). The van der Waals surface area contributed by atoms with Crippen LogP contribution < -0.4 is 10.9 Å². The van der Waals surface area contributed by atoms with Crippen LogP contribution in [0.15, 0.2) is 51.9 Å². The summed E-state index contributed by atoms with van der Waals surface area (Å²) in [5.41, 5.74) is 2.08. The maximum atomic E-state index is 12.1. The van der Waals surface area contributed by atoms with E-state index in [9.17, 15) is 9.59 Å². The largest absolute Gasteiger partial charge is 0.345 e. The minimum Gasteiger partial charge on any atom is -0.345 e. The van der Waals surface area contributed by atoms with Crippen LogP contribution in [-0.4, -0.2) is 21.0 Å². The predicted octanol–water partition coefficient (Wildman–Crippen LogP) is 2.48. The van der Waals surface area contributed by atoms with Gasteiger partial charge in [0.05, 0.1) is 0 Å². The zero-order chi connectivity index (χ0) is 17.8. The van der Waals surface area contributed by atoms with E-state index in [1.807, 2.05) is 24.3 Å². The molecule has 3 aromatic rings. The van der Waals surface area contributed by atoms with Crippen LogP contribution >= 0.6 is 0 Å². The first-order chi connectivity index (χ1) is 12.0. The summed E-state index contributed by atoms with van der Waals surface area (Å²) in [4.78, 5) is 30.3. The zero-order valence-electron chi connectivity index (χ0n) is 13.9. The van der Waals surface area contributed by atoms with Gasteiger partial charge < -0.3 is 14.8 Å². The first kappa shape index (κ1) is 16.6. The molecule has 0 radical (unpaired) electrons. The molecule has 0 bridgehead atoms. The van der Waals surface area contributed by atoms with Gasteiger partial charge in [-0.25, -0.2) is 0 Å². The third-order valence-electron chi connectivity index (χ3n) is 3.78. The molecule has 0 saturated heterocycles. The van der Waals surface area contributed by atoms with Crippen molar-refractivity contribution in [2.24, 2.45) is 0 Å². The summed E-state index contributed by atoms with van der Waals surface area (Å²) in [6, 6.07) is 11.2. The molecule has 0 aliphatic rings. The number of aromatic amines is 1. The van der Waals surface area contributed by atoms with Crippen molar-refractivity contribution in [3.63, 3.8) is 0 Å². The van der Waals surface area contributed by atoms with Gasteiger partial charge in [-0.15, -0.1) is 0 Å². The second-order valence-electron chi connectivity index (χ2n) is 5.92. The van der Waals surface area contributed by atoms with E-state index in [4.69, 9.17) is 4.52 Å². The maximum absolute atomic E-state index is 12.1. The van der Waals surface area contributed by atoms with Crippen molar-refractivity contribution >= 4 is 5.91 Å². The molecular weight excluding hydrogens is 320 g/mol. The van der Waals surface area contributed by atoms with E-state index in [0.29, 0.717) is 12.5 Å². The molecule has 1 aromatic carbocycles. The molecule has 2 N–H and O–H groups in total. The number of pyridine rings is 1. The summed E-state index contributed by atoms with van der Waals surface area (Å²) >= 11 is 0. The molecule has 0 aliphatic carbocycles. The van der Waals surface area contributed by atoms with E-state index in [-0.39, 0.29) is 22.8 Å². The Morgan fingerprint density at radius 3 is 2.68 bits per heavy atom. The van der Waals surface area contributed by atoms with E-state index in [2.05, 4.69) is 34.3 Å². The lowest BCUT2D eigenvalue weighted by Gasteiger charge is -2.07. The predicted molar refractivity (Wildman–Crippen MR) is 92.1 cm³/mol. The second-order valence-corrected chi connectivity index (χ2v) is 5.92. The fourth-order valence-electron chi connectivity index (χ4n) is 2.30. The number of nitrogens with one attached hydrogen (secondary N) is 2. The highest BCUT2D eigenvalue weighted by molar-refractivity contribution is 5.90. The van der Waals surface area contributed by atoms with E-state index in [0.717, 1.165) is 5.56 Å². The molecule has 0 unspecified atom stereocenters. The Kier molecular flexibility index (Phi) is 4.74. The smallest absolute Gasteiger partial charge is 0.292 e. The minimum atomic E-state index is -0.463. The molecule has 0 aliphatic heterocycles. The Balaban J connectivity index is 1.66. The van der Waals surface area contributed by atoms with E-state index < -0.39 is 5.91 Å². The van der Waals surface area contributed by atoms with Crippen molar-refractivity contribution < 1.29 is 9.32 Å². The number of amides is 1. The fourth-order valence-corrected chi connectivity index (χ4v) is 2.30. The third kappa shape index (κ3) is 3.82. The Labute approximate surface area is 144 Å². The molecular formula is C18H18N4O3. The average molecular weight is 338 g/mol. The molecule has 0 fully saturated rings. The lowest BCUT2D eigenvalue weighted by molar-refractivity contribution is 0.0937. The molecule has 1 amide bonds. The van der Waals surface area contributed by atoms with Crippen LogP contribution in [0, 0.1) is 0 Å². The average Bonchev–Trinajstić information content (AvgIpc) is 3.10. The number of H-pyrrole nitrogens is 1. The molecule has 0 saturated carbocycles. The van der Waals surface area contributed by atoms with Gasteiger partial charge in [0.15, 0.2) is 0 Å². The highest BCUT2D eigenvalue weighted by atomic mass is 16.5. The lowest BCUT2D eigenvalue weighted by atomic mass is 10.0. The van der Waals surface area contributed by atoms with Crippen molar-refractivity contribution in [3.05, 3.63) is 69.9 Å². The van der Waals surface area contributed by atoms with Gasteiger partial charge in [-0.3, -0.25) is 9.59 Å². The standard InChI is InChI=1S/C18H18N4O3/c1-11(2)13-7-5-12(6-8-13)10-20-17(24)15-21-18(25-22-15)14-4-3-9-19-16(14)23/h3-9,11H,10H2,1-2H3,(H,19,23)(H,20,24). The third-order valence-corrected chi connectivity index (χ3v) is 3.78. The molecule has 7 nitrogen and oxygen atoms in total. The van der Waals surface area contributed by atoms with Crippen LogP contribution in [0.25, 0.3) is 11.5 Å². The van der Waals surface area contributed by atoms with Gasteiger partial charge in [-0.05, 0) is 29.2 Å². The first-order valence-corrected chi connectivity index (χ1v) is 7.93. The molecule has 0 spiro atoms. The topological polar surface area (TPSA) is 101 Å². The lowest BCUT2D eigenvalue weighted by Crippen LogP contribution is -2.24.